The van der Waals surface area contributed by atoms with E-state index in [0.29, 0.717) is 18.8 Å². The molecule has 0 spiro atoms. The Morgan fingerprint density at radius 1 is 1.47 bits per heavy atom. The molecular weight excluding hydrogens is 244 g/mol. The zero-order valence-electron chi connectivity index (χ0n) is 11.3. The van der Waals surface area contributed by atoms with Gasteiger partial charge in [0.05, 0.1) is 12.3 Å². The van der Waals surface area contributed by atoms with Gasteiger partial charge in [-0.3, -0.25) is 15.1 Å². The first-order chi connectivity index (χ1) is 9.21. The molecule has 6 heteroatoms. The molecule has 1 heterocycles. The van der Waals surface area contributed by atoms with E-state index in [-0.39, 0.29) is 6.61 Å². The molecule has 0 aliphatic heterocycles. The Morgan fingerprint density at radius 3 is 2.89 bits per heavy atom. The number of hydrogen-bond acceptors (Lipinski definition) is 5. The number of aromatic nitrogens is 1. The highest BCUT2D eigenvalue weighted by atomic mass is 16.3. The van der Waals surface area contributed by atoms with Crippen LogP contribution in [0, 0.1) is 0 Å². The lowest BCUT2D eigenvalue weighted by Crippen LogP contribution is -2.31. The maximum atomic E-state index is 11.4. The molecule has 4 N–H and O–H groups in total. The van der Waals surface area contributed by atoms with Gasteiger partial charge in [0.15, 0.2) is 0 Å². The van der Waals surface area contributed by atoms with Crippen LogP contribution in [0.5, 0.6) is 0 Å². The number of aliphatic hydroxyl groups is 1. The quantitative estimate of drug-likeness (QED) is 0.357. The van der Waals surface area contributed by atoms with E-state index in [2.05, 4.69) is 22.2 Å². The van der Waals surface area contributed by atoms with Crippen molar-refractivity contribution in [2.75, 3.05) is 19.7 Å². The van der Waals surface area contributed by atoms with Gasteiger partial charge in [-0.25, -0.2) is 10.8 Å². The molecular formula is C13H22N4O2. The number of pyridine rings is 1. The summed E-state index contributed by atoms with van der Waals surface area (Å²) in [5.74, 6) is 4.69. The monoisotopic (exact) mass is 266 g/mol. The number of amides is 1. The maximum absolute atomic E-state index is 11.4. The van der Waals surface area contributed by atoms with Crippen molar-refractivity contribution in [2.24, 2.45) is 5.84 Å². The number of carbonyl (C=O) groups excluding carboxylic acids is 1. The Balaban J connectivity index is 2.69. The summed E-state index contributed by atoms with van der Waals surface area (Å²) in [6.07, 6.45) is 2.17. The highest BCUT2D eigenvalue weighted by Crippen LogP contribution is 2.05. The molecule has 1 aromatic rings. The number of nitrogen functional groups attached to an aromatic ring is 1. The first-order valence-corrected chi connectivity index (χ1v) is 6.51. The molecule has 0 unspecified atom stereocenters. The molecule has 106 valence electrons. The lowest BCUT2D eigenvalue weighted by Gasteiger charge is -2.20. The molecule has 1 rings (SSSR count). The third-order valence-corrected chi connectivity index (χ3v) is 2.80. The van der Waals surface area contributed by atoms with E-state index >= 15 is 0 Å². The van der Waals surface area contributed by atoms with Crippen molar-refractivity contribution >= 4 is 5.91 Å². The van der Waals surface area contributed by atoms with Crippen LogP contribution < -0.4 is 11.3 Å². The van der Waals surface area contributed by atoms with E-state index < -0.39 is 5.91 Å². The van der Waals surface area contributed by atoms with Crippen LogP contribution >= 0.6 is 0 Å². The van der Waals surface area contributed by atoms with Gasteiger partial charge in [-0.05, 0) is 25.1 Å². The van der Waals surface area contributed by atoms with Crippen LogP contribution in [0.3, 0.4) is 0 Å². The van der Waals surface area contributed by atoms with Gasteiger partial charge in [0.2, 0.25) is 0 Å². The lowest BCUT2D eigenvalue weighted by atomic mass is 10.2. The molecule has 0 fully saturated rings. The van der Waals surface area contributed by atoms with E-state index in [1.165, 1.54) is 0 Å². The number of carbonyl (C=O) groups is 1. The fourth-order valence-electron chi connectivity index (χ4n) is 1.79. The second kappa shape index (κ2) is 8.58. The molecule has 0 saturated heterocycles. The predicted molar refractivity (Wildman–Crippen MR) is 73.2 cm³/mol. The zero-order valence-corrected chi connectivity index (χ0v) is 11.3. The first-order valence-electron chi connectivity index (χ1n) is 6.51. The minimum atomic E-state index is -0.399. The van der Waals surface area contributed by atoms with Crippen LogP contribution in [-0.4, -0.2) is 40.6 Å². The minimum absolute atomic E-state index is 0.118. The number of nitrogens with zero attached hydrogens (tertiary/aromatic N) is 2. The van der Waals surface area contributed by atoms with Crippen LogP contribution in [0.15, 0.2) is 18.2 Å². The van der Waals surface area contributed by atoms with Gasteiger partial charge in [0.1, 0.15) is 5.69 Å². The second-order valence-electron chi connectivity index (χ2n) is 4.34. The van der Waals surface area contributed by atoms with Crippen molar-refractivity contribution in [1.29, 1.82) is 0 Å². The van der Waals surface area contributed by atoms with Gasteiger partial charge >= 0.3 is 0 Å². The van der Waals surface area contributed by atoms with Crippen molar-refractivity contribution in [2.45, 2.75) is 26.3 Å². The third-order valence-electron chi connectivity index (χ3n) is 2.80. The van der Waals surface area contributed by atoms with E-state index in [4.69, 9.17) is 10.9 Å². The number of hydrazine groups is 1. The SMILES string of the molecule is CCCCN(CCO)Cc1cccc(C(=O)NN)n1. The van der Waals surface area contributed by atoms with Gasteiger partial charge in [-0.2, -0.15) is 0 Å². The van der Waals surface area contributed by atoms with Crippen molar-refractivity contribution < 1.29 is 9.90 Å². The van der Waals surface area contributed by atoms with E-state index in [1.54, 1.807) is 12.1 Å². The summed E-state index contributed by atoms with van der Waals surface area (Å²) in [5.41, 5.74) is 3.17. The van der Waals surface area contributed by atoms with E-state index in [9.17, 15) is 4.79 Å². The van der Waals surface area contributed by atoms with Gasteiger partial charge in [0.25, 0.3) is 5.91 Å². The molecule has 1 aromatic heterocycles. The summed E-state index contributed by atoms with van der Waals surface area (Å²) >= 11 is 0. The van der Waals surface area contributed by atoms with E-state index in [0.717, 1.165) is 25.1 Å². The third kappa shape index (κ3) is 5.34. The van der Waals surface area contributed by atoms with Gasteiger partial charge in [-0.1, -0.05) is 19.4 Å². The largest absolute Gasteiger partial charge is 0.395 e. The summed E-state index contributed by atoms with van der Waals surface area (Å²) in [7, 11) is 0. The Hall–Kier alpha value is -1.50. The van der Waals surface area contributed by atoms with Crippen LogP contribution in [-0.2, 0) is 6.54 Å². The topological polar surface area (TPSA) is 91.5 Å². The standard InChI is InChI=1S/C13H22N4O2/c1-2-3-7-17(8-9-18)10-11-5-4-6-12(15-11)13(19)16-14/h4-6,18H,2-3,7-10,14H2,1H3,(H,16,19). The molecule has 0 atom stereocenters. The first kappa shape index (κ1) is 15.6. The van der Waals surface area contributed by atoms with Crippen molar-refractivity contribution in [1.82, 2.24) is 15.3 Å². The van der Waals surface area contributed by atoms with Crippen LogP contribution in [0.4, 0.5) is 0 Å². The van der Waals surface area contributed by atoms with Crippen molar-refractivity contribution in [3.05, 3.63) is 29.6 Å². The lowest BCUT2D eigenvalue weighted by molar-refractivity contribution is 0.0948. The Bertz CT molecular complexity index is 398. The smallest absolute Gasteiger partial charge is 0.283 e. The molecule has 0 aliphatic carbocycles. The van der Waals surface area contributed by atoms with Crippen LogP contribution in [0.25, 0.3) is 0 Å². The fourth-order valence-corrected chi connectivity index (χ4v) is 1.79. The summed E-state index contributed by atoms with van der Waals surface area (Å²) in [5, 5.41) is 9.05. The summed E-state index contributed by atoms with van der Waals surface area (Å²) in [6.45, 7) is 4.38. The van der Waals surface area contributed by atoms with Crippen molar-refractivity contribution in [3.63, 3.8) is 0 Å². The maximum Gasteiger partial charge on any atom is 0.283 e. The van der Waals surface area contributed by atoms with Gasteiger partial charge in [-0.15, -0.1) is 0 Å². The molecule has 19 heavy (non-hydrogen) atoms. The van der Waals surface area contributed by atoms with Crippen LogP contribution in [0.1, 0.15) is 35.9 Å². The Labute approximate surface area is 113 Å². The fraction of sp³-hybridized carbons (Fsp3) is 0.538. The Kier molecular flexibility index (Phi) is 7.02. The molecule has 0 aliphatic rings. The van der Waals surface area contributed by atoms with Crippen LogP contribution in [0.2, 0.25) is 0 Å². The number of rotatable bonds is 8. The average molecular weight is 266 g/mol. The highest BCUT2D eigenvalue weighted by molar-refractivity contribution is 5.91. The normalized spacial score (nSPS) is 10.7. The molecule has 0 aromatic carbocycles. The molecule has 0 radical (unpaired) electrons. The summed E-state index contributed by atoms with van der Waals surface area (Å²) in [6, 6.07) is 5.27. The number of hydrogen-bond donors (Lipinski definition) is 3. The highest BCUT2D eigenvalue weighted by Gasteiger charge is 2.09. The van der Waals surface area contributed by atoms with Crippen molar-refractivity contribution in [3.8, 4) is 0 Å². The van der Waals surface area contributed by atoms with Gasteiger partial charge < -0.3 is 5.11 Å². The Morgan fingerprint density at radius 2 is 2.26 bits per heavy atom. The minimum Gasteiger partial charge on any atom is -0.395 e. The second-order valence-corrected chi connectivity index (χ2v) is 4.34. The molecule has 6 nitrogen and oxygen atoms in total. The molecule has 0 bridgehead atoms. The number of unbranched alkanes of at least 4 members (excludes halogenated alkanes) is 1. The number of aliphatic hydroxyl groups excluding tert-OH is 1. The summed E-state index contributed by atoms with van der Waals surface area (Å²) < 4.78 is 0. The predicted octanol–water partition coefficient (Wildman–Crippen LogP) is 0.280. The van der Waals surface area contributed by atoms with Gasteiger partial charge in [0, 0.05) is 13.1 Å². The number of nitrogens with one attached hydrogen (secondary N) is 1. The number of nitrogens with two attached hydrogens (primary N) is 1. The summed E-state index contributed by atoms with van der Waals surface area (Å²) in [4.78, 5) is 17.8. The zero-order chi connectivity index (χ0) is 14.1. The molecule has 1 amide bonds. The molecule has 0 saturated carbocycles. The van der Waals surface area contributed by atoms with E-state index in [1.807, 2.05) is 6.07 Å². The average Bonchev–Trinajstić information content (AvgIpc) is 2.44.